The molecule has 4 nitrogen and oxygen atoms in total. The van der Waals surface area contributed by atoms with Gasteiger partial charge in [-0.05, 0) is 0 Å². The van der Waals surface area contributed by atoms with E-state index in [0.717, 1.165) is 0 Å². The Kier molecular flexibility index (Phi) is 1.68. The molecule has 0 bridgehead atoms. The zero-order valence-electron chi connectivity index (χ0n) is 4.95. The lowest BCUT2D eigenvalue weighted by molar-refractivity contribution is -0.141. The Labute approximate surface area is 53.0 Å². The second kappa shape index (κ2) is 2.33. The van der Waals surface area contributed by atoms with Gasteiger partial charge >= 0.3 is 5.97 Å². The van der Waals surface area contributed by atoms with E-state index in [1.165, 1.54) is 0 Å². The number of aliphatic carboxylic acids is 1. The van der Waals surface area contributed by atoms with E-state index in [-0.39, 0.29) is 6.04 Å². The van der Waals surface area contributed by atoms with E-state index < -0.39 is 11.9 Å². The van der Waals surface area contributed by atoms with E-state index in [4.69, 9.17) is 10.8 Å². The number of nitrogens with zero attached hydrogens (tertiary/aromatic N) is 1. The maximum Gasteiger partial charge on any atom is 0.309 e. The van der Waals surface area contributed by atoms with Gasteiger partial charge in [-0.25, -0.2) is 5.32 Å². The molecule has 0 amide bonds. The van der Waals surface area contributed by atoms with E-state index >= 15 is 0 Å². The van der Waals surface area contributed by atoms with Crippen LogP contribution in [-0.2, 0) is 4.79 Å². The van der Waals surface area contributed by atoms with Gasteiger partial charge in [0.1, 0.15) is 0 Å². The van der Waals surface area contributed by atoms with Crippen LogP contribution >= 0.6 is 0 Å². The molecule has 0 aromatic carbocycles. The van der Waals surface area contributed by atoms with Crippen LogP contribution in [0.3, 0.4) is 0 Å². The minimum absolute atomic E-state index is 0.262. The summed E-state index contributed by atoms with van der Waals surface area (Å²) < 4.78 is 0. The number of nitrogens with two attached hydrogens (primary N) is 1. The Morgan fingerprint density at radius 2 is 2.33 bits per heavy atom. The fourth-order valence-electron chi connectivity index (χ4n) is 0.887. The quantitative estimate of drug-likeness (QED) is 0.458. The molecule has 4 heteroatoms. The second-order valence-corrected chi connectivity index (χ2v) is 2.20. The number of carboxylic acid groups (broad SMARTS) is 1. The molecule has 2 unspecified atom stereocenters. The lowest BCUT2D eigenvalue weighted by Gasteiger charge is -2.05. The Morgan fingerprint density at radius 1 is 1.67 bits per heavy atom. The fraction of sp³-hybridized carbons (Fsp3) is 0.800. The molecule has 1 fully saturated rings. The average Bonchev–Trinajstić information content (AvgIpc) is 2.13. The van der Waals surface area contributed by atoms with Crippen LogP contribution in [-0.4, -0.2) is 30.2 Å². The molecule has 9 heavy (non-hydrogen) atoms. The number of carboxylic acids is 1. The van der Waals surface area contributed by atoms with Gasteiger partial charge in [0.05, 0.1) is 5.92 Å². The smallest absolute Gasteiger partial charge is 0.309 e. The van der Waals surface area contributed by atoms with Crippen molar-refractivity contribution in [2.75, 3.05) is 13.1 Å². The van der Waals surface area contributed by atoms with Crippen molar-refractivity contribution >= 4 is 5.97 Å². The van der Waals surface area contributed by atoms with Gasteiger partial charge in [-0.2, -0.15) is 0 Å². The van der Waals surface area contributed by atoms with Crippen molar-refractivity contribution in [1.82, 2.24) is 5.32 Å². The van der Waals surface area contributed by atoms with Crippen molar-refractivity contribution in [1.29, 1.82) is 0 Å². The average molecular weight is 129 g/mol. The Balaban J connectivity index is 2.49. The molecule has 1 rings (SSSR count). The highest BCUT2D eigenvalue weighted by molar-refractivity contribution is 5.71. The largest absolute Gasteiger partial charge is 0.481 e. The number of hydrogen-bond acceptors (Lipinski definition) is 2. The SMILES string of the molecule is NC1C[N]CC1C(=O)O. The summed E-state index contributed by atoms with van der Waals surface area (Å²) >= 11 is 0. The van der Waals surface area contributed by atoms with Crippen molar-refractivity contribution in [3.05, 3.63) is 0 Å². The molecule has 3 N–H and O–H groups in total. The van der Waals surface area contributed by atoms with Gasteiger partial charge in [-0.1, -0.05) is 0 Å². The first-order valence-corrected chi connectivity index (χ1v) is 2.83. The molecule has 0 spiro atoms. The van der Waals surface area contributed by atoms with E-state index in [1.54, 1.807) is 0 Å². The molecular formula is C5H9N2O2. The van der Waals surface area contributed by atoms with Crippen LogP contribution in [0.4, 0.5) is 0 Å². The summed E-state index contributed by atoms with van der Waals surface area (Å²) in [7, 11) is 0. The first-order chi connectivity index (χ1) is 4.22. The summed E-state index contributed by atoms with van der Waals surface area (Å²) in [6.45, 7) is 0.882. The summed E-state index contributed by atoms with van der Waals surface area (Å²) in [6, 6.07) is -0.262. The highest BCUT2D eigenvalue weighted by atomic mass is 16.4. The van der Waals surface area contributed by atoms with Crippen LogP contribution in [0.5, 0.6) is 0 Å². The molecule has 51 valence electrons. The van der Waals surface area contributed by atoms with Crippen LogP contribution in [0.2, 0.25) is 0 Å². The zero-order chi connectivity index (χ0) is 6.85. The third-order valence-electron chi connectivity index (χ3n) is 1.50. The molecule has 0 aromatic heterocycles. The summed E-state index contributed by atoms with van der Waals surface area (Å²) in [6.07, 6.45) is 0. The van der Waals surface area contributed by atoms with Gasteiger partial charge in [-0.3, -0.25) is 4.79 Å². The summed E-state index contributed by atoms with van der Waals surface area (Å²) in [4.78, 5) is 10.3. The maximum absolute atomic E-state index is 10.3. The van der Waals surface area contributed by atoms with E-state index in [9.17, 15) is 4.79 Å². The molecule has 2 atom stereocenters. The van der Waals surface area contributed by atoms with Gasteiger partial charge in [0.25, 0.3) is 0 Å². The molecule has 0 aliphatic carbocycles. The van der Waals surface area contributed by atoms with E-state index in [2.05, 4.69) is 5.32 Å². The van der Waals surface area contributed by atoms with Crippen LogP contribution in [0.1, 0.15) is 0 Å². The van der Waals surface area contributed by atoms with Gasteiger partial charge in [-0.15, -0.1) is 0 Å². The predicted molar refractivity (Wildman–Crippen MR) is 31.0 cm³/mol. The third-order valence-corrected chi connectivity index (χ3v) is 1.50. The standard InChI is InChI=1S/C5H9N2O2/c6-4-2-7-1-3(4)5(8)9/h3-4H,1-2,6H2,(H,8,9). The molecule has 1 heterocycles. The lowest BCUT2D eigenvalue weighted by Crippen LogP contribution is -2.33. The van der Waals surface area contributed by atoms with Crippen molar-refractivity contribution < 1.29 is 9.90 Å². The predicted octanol–water partition coefficient (Wildman–Crippen LogP) is -1.37. The third kappa shape index (κ3) is 1.20. The number of hydrogen-bond donors (Lipinski definition) is 2. The lowest BCUT2D eigenvalue weighted by atomic mass is 10.1. The van der Waals surface area contributed by atoms with Crippen molar-refractivity contribution in [3.63, 3.8) is 0 Å². The Morgan fingerprint density at radius 3 is 2.56 bits per heavy atom. The van der Waals surface area contributed by atoms with Crippen molar-refractivity contribution in [3.8, 4) is 0 Å². The van der Waals surface area contributed by atoms with Gasteiger partial charge in [0, 0.05) is 19.1 Å². The van der Waals surface area contributed by atoms with Gasteiger partial charge < -0.3 is 10.8 Å². The minimum atomic E-state index is -0.830. The first-order valence-electron chi connectivity index (χ1n) is 2.83. The molecule has 0 saturated carbocycles. The van der Waals surface area contributed by atoms with Gasteiger partial charge in [0.15, 0.2) is 0 Å². The minimum Gasteiger partial charge on any atom is -0.481 e. The summed E-state index contributed by atoms with van der Waals surface area (Å²) in [5, 5.41) is 12.3. The Hall–Kier alpha value is -0.610. The molecule has 1 saturated heterocycles. The molecule has 1 aliphatic rings. The van der Waals surface area contributed by atoms with Crippen LogP contribution in [0.15, 0.2) is 0 Å². The van der Waals surface area contributed by atoms with E-state index in [0.29, 0.717) is 13.1 Å². The molecule has 0 aromatic rings. The van der Waals surface area contributed by atoms with Crippen molar-refractivity contribution in [2.24, 2.45) is 11.7 Å². The topological polar surface area (TPSA) is 77.4 Å². The first kappa shape index (κ1) is 6.51. The molecule has 1 radical (unpaired) electrons. The monoisotopic (exact) mass is 129 g/mol. The van der Waals surface area contributed by atoms with Crippen LogP contribution in [0, 0.1) is 5.92 Å². The van der Waals surface area contributed by atoms with E-state index in [1.807, 2.05) is 0 Å². The fourth-order valence-corrected chi connectivity index (χ4v) is 0.887. The zero-order valence-corrected chi connectivity index (χ0v) is 4.95. The van der Waals surface area contributed by atoms with Crippen LogP contribution < -0.4 is 11.1 Å². The normalized spacial score (nSPS) is 34.8. The van der Waals surface area contributed by atoms with Crippen molar-refractivity contribution in [2.45, 2.75) is 6.04 Å². The number of carbonyl (C=O) groups is 1. The molecule has 1 aliphatic heterocycles. The molecular weight excluding hydrogens is 120 g/mol. The maximum atomic E-state index is 10.3. The summed E-state index contributed by atoms with van der Waals surface area (Å²) in [5.74, 6) is -1.27. The highest BCUT2D eigenvalue weighted by Gasteiger charge is 2.30. The Bertz CT molecular complexity index is 126. The number of rotatable bonds is 1. The highest BCUT2D eigenvalue weighted by Crippen LogP contribution is 2.06. The van der Waals surface area contributed by atoms with Crippen LogP contribution in [0.25, 0.3) is 0 Å². The summed E-state index contributed by atoms with van der Waals surface area (Å²) in [5.41, 5.74) is 5.41. The van der Waals surface area contributed by atoms with Gasteiger partial charge in [0.2, 0.25) is 0 Å². The second-order valence-electron chi connectivity index (χ2n) is 2.20.